The predicted molar refractivity (Wildman–Crippen MR) is 82.1 cm³/mol. The fourth-order valence-electron chi connectivity index (χ4n) is 1.77. The van der Waals surface area contributed by atoms with E-state index in [2.05, 4.69) is 20.8 Å². The number of carbonyl (C=O) groups excluding carboxylic acids is 1. The lowest BCUT2D eigenvalue weighted by atomic mass is 10.2. The summed E-state index contributed by atoms with van der Waals surface area (Å²) in [5.41, 5.74) is 0.00863. The lowest BCUT2D eigenvalue weighted by Gasteiger charge is -2.03. The van der Waals surface area contributed by atoms with Crippen LogP contribution in [0.25, 0.3) is 0 Å². The van der Waals surface area contributed by atoms with E-state index in [1.165, 1.54) is 24.3 Å². The van der Waals surface area contributed by atoms with E-state index in [9.17, 15) is 17.6 Å². The molecule has 0 unspecified atom stereocenters. The summed E-state index contributed by atoms with van der Waals surface area (Å²) in [5.74, 6) is -1.28. The number of benzene rings is 1. The smallest absolute Gasteiger partial charge is 0.335 e. The molecule has 0 fully saturated rings. The second kappa shape index (κ2) is 7.86. The van der Waals surface area contributed by atoms with Crippen LogP contribution in [0.2, 0.25) is 0 Å². The Bertz CT molecular complexity index is 807. The van der Waals surface area contributed by atoms with Crippen molar-refractivity contribution in [3.8, 4) is 0 Å². The maximum Gasteiger partial charge on any atom is 0.335 e. The molecule has 0 aliphatic rings. The molecule has 2 N–H and O–H groups in total. The molecule has 1 aromatic carbocycles. The number of hydrogen-bond donors (Lipinski definition) is 2. The van der Waals surface area contributed by atoms with Crippen molar-refractivity contribution in [3.05, 3.63) is 41.5 Å². The van der Waals surface area contributed by atoms with Crippen LogP contribution >= 0.6 is 0 Å². The first-order valence-corrected chi connectivity index (χ1v) is 8.88. The normalized spacial score (nSPS) is 11.2. The van der Waals surface area contributed by atoms with Crippen LogP contribution in [0.15, 0.2) is 33.9 Å². The van der Waals surface area contributed by atoms with Crippen molar-refractivity contribution in [2.45, 2.75) is 30.9 Å². The zero-order chi connectivity index (χ0) is 17.6. The van der Waals surface area contributed by atoms with Crippen LogP contribution in [0, 0.1) is 5.82 Å². The van der Waals surface area contributed by atoms with Crippen LogP contribution in [-0.2, 0) is 22.1 Å². The van der Waals surface area contributed by atoms with Crippen molar-refractivity contribution < 1.29 is 22.0 Å². The zero-order valence-corrected chi connectivity index (χ0v) is 13.8. The van der Waals surface area contributed by atoms with Crippen LogP contribution in [0.4, 0.5) is 9.18 Å². The van der Waals surface area contributed by atoms with Crippen molar-refractivity contribution in [3.63, 3.8) is 0 Å². The van der Waals surface area contributed by atoms with Gasteiger partial charge in [-0.2, -0.15) is 0 Å². The highest BCUT2D eigenvalue weighted by atomic mass is 32.2. The summed E-state index contributed by atoms with van der Waals surface area (Å²) < 4.78 is 43.0. The molecule has 2 aromatic rings. The zero-order valence-electron chi connectivity index (χ0n) is 13.0. The number of amides is 2. The number of hydrogen-bond acceptors (Lipinski definition) is 6. The molecule has 0 bridgehead atoms. The molecule has 24 heavy (non-hydrogen) atoms. The molecule has 0 aliphatic heterocycles. The lowest BCUT2D eigenvalue weighted by Crippen LogP contribution is -2.35. The van der Waals surface area contributed by atoms with Gasteiger partial charge in [-0.25, -0.2) is 17.6 Å². The quantitative estimate of drug-likeness (QED) is 0.775. The highest BCUT2D eigenvalue weighted by molar-refractivity contribution is 7.90. The fourth-order valence-corrected chi connectivity index (χ4v) is 2.93. The van der Waals surface area contributed by atoms with Gasteiger partial charge >= 0.3 is 11.3 Å². The highest BCUT2D eigenvalue weighted by Gasteiger charge is 2.24. The monoisotopic (exact) mass is 356 g/mol. The summed E-state index contributed by atoms with van der Waals surface area (Å²) in [6.07, 6.45) is 0.784. The van der Waals surface area contributed by atoms with E-state index in [1.807, 2.05) is 6.92 Å². The Morgan fingerprint density at radius 1 is 1.25 bits per heavy atom. The van der Waals surface area contributed by atoms with Gasteiger partial charge in [0.1, 0.15) is 5.82 Å². The van der Waals surface area contributed by atoms with Crippen molar-refractivity contribution in [1.29, 1.82) is 0 Å². The Kier molecular flexibility index (Phi) is 5.85. The largest absolute Gasteiger partial charge is 0.411 e. The lowest BCUT2D eigenvalue weighted by molar-refractivity contribution is 0.239. The molecule has 0 spiro atoms. The highest BCUT2D eigenvalue weighted by Crippen LogP contribution is 2.17. The average Bonchev–Trinajstić information content (AvgIpc) is 3.03. The van der Waals surface area contributed by atoms with Gasteiger partial charge in [-0.05, 0) is 12.5 Å². The van der Waals surface area contributed by atoms with Crippen LogP contribution in [0.5, 0.6) is 0 Å². The molecule has 0 radical (unpaired) electrons. The first-order chi connectivity index (χ1) is 11.4. The van der Waals surface area contributed by atoms with Crippen molar-refractivity contribution in [2.24, 2.45) is 0 Å². The Morgan fingerprint density at radius 2 is 2.00 bits per heavy atom. The minimum absolute atomic E-state index is 0.00863. The van der Waals surface area contributed by atoms with Gasteiger partial charge in [-0.3, -0.25) is 0 Å². The molecule has 1 aromatic heterocycles. The van der Waals surface area contributed by atoms with E-state index in [-0.39, 0.29) is 18.0 Å². The summed E-state index contributed by atoms with van der Waals surface area (Å²) in [6.45, 7) is 2.31. The standard InChI is InChI=1S/C14H17FN4O4S/c1-2-7-16-13(20)17-8-12-18-19-14(23-12)24(21,22)9-10-5-3-4-6-11(10)15/h3-6H,2,7-9H2,1H3,(H2,16,17,20). The van der Waals surface area contributed by atoms with Crippen LogP contribution in [0.3, 0.4) is 0 Å². The molecule has 1 heterocycles. The molecule has 2 rings (SSSR count). The molecule has 10 heteroatoms. The molecule has 8 nitrogen and oxygen atoms in total. The van der Waals surface area contributed by atoms with Crippen LogP contribution < -0.4 is 10.6 Å². The number of rotatable bonds is 7. The van der Waals surface area contributed by atoms with E-state index in [0.717, 1.165) is 6.42 Å². The van der Waals surface area contributed by atoms with Gasteiger partial charge in [-0.1, -0.05) is 30.2 Å². The van der Waals surface area contributed by atoms with Gasteiger partial charge in [0.2, 0.25) is 15.7 Å². The van der Waals surface area contributed by atoms with Gasteiger partial charge in [0.05, 0.1) is 12.3 Å². The minimum Gasteiger partial charge on any atom is -0.411 e. The minimum atomic E-state index is -3.98. The molecule has 0 saturated heterocycles. The maximum absolute atomic E-state index is 13.6. The summed E-state index contributed by atoms with van der Waals surface area (Å²) in [6, 6.07) is 5.11. The van der Waals surface area contributed by atoms with Crippen molar-refractivity contribution >= 4 is 15.9 Å². The second-order valence-electron chi connectivity index (χ2n) is 4.92. The third-order valence-electron chi connectivity index (χ3n) is 2.95. The van der Waals surface area contributed by atoms with E-state index >= 15 is 0 Å². The molecular weight excluding hydrogens is 339 g/mol. The molecule has 2 amide bonds. The first-order valence-electron chi connectivity index (χ1n) is 7.22. The third-order valence-corrected chi connectivity index (χ3v) is 4.34. The van der Waals surface area contributed by atoms with Crippen LogP contribution in [0.1, 0.15) is 24.8 Å². The van der Waals surface area contributed by atoms with Crippen molar-refractivity contribution in [2.75, 3.05) is 6.54 Å². The molecule has 0 atom stereocenters. The average molecular weight is 356 g/mol. The number of nitrogens with zero attached hydrogens (tertiary/aromatic N) is 2. The predicted octanol–water partition coefficient (Wildman–Crippen LogP) is 1.39. The van der Waals surface area contributed by atoms with Gasteiger partial charge in [0.15, 0.2) is 0 Å². The second-order valence-corrected chi connectivity index (χ2v) is 6.79. The summed E-state index contributed by atoms with van der Waals surface area (Å²) in [5, 5.41) is 11.4. The molecule has 130 valence electrons. The van der Waals surface area contributed by atoms with Crippen molar-refractivity contribution in [1.82, 2.24) is 20.8 Å². The van der Waals surface area contributed by atoms with Crippen LogP contribution in [-0.4, -0.2) is 31.2 Å². The van der Waals surface area contributed by atoms with E-state index in [1.54, 1.807) is 0 Å². The number of sulfone groups is 1. The number of carbonyl (C=O) groups is 1. The van der Waals surface area contributed by atoms with E-state index < -0.39 is 32.7 Å². The molecular formula is C14H17FN4O4S. The summed E-state index contributed by atoms with van der Waals surface area (Å²) in [7, 11) is -3.98. The van der Waals surface area contributed by atoms with Gasteiger partial charge in [0.25, 0.3) is 0 Å². The van der Waals surface area contributed by atoms with Gasteiger partial charge < -0.3 is 15.1 Å². The Labute approximate surface area is 138 Å². The number of aromatic nitrogens is 2. The third kappa shape index (κ3) is 4.75. The molecule has 0 aliphatic carbocycles. The van der Waals surface area contributed by atoms with E-state index in [4.69, 9.17) is 4.42 Å². The number of nitrogens with one attached hydrogen (secondary N) is 2. The Hall–Kier alpha value is -2.49. The topological polar surface area (TPSA) is 114 Å². The van der Waals surface area contributed by atoms with Gasteiger partial charge in [0, 0.05) is 12.1 Å². The van der Waals surface area contributed by atoms with Gasteiger partial charge in [-0.15, -0.1) is 5.10 Å². The maximum atomic E-state index is 13.6. The Balaban J connectivity index is 2.01. The van der Waals surface area contributed by atoms with E-state index in [0.29, 0.717) is 6.54 Å². The Morgan fingerprint density at radius 3 is 2.71 bits per heavy atom. The first kappa shape index (κ1) is 17.9. The SMILES string of the molecule is CCCNC(=O)NCc1nnc(S(=O)(=O)Cc2ccccc2F)o1. The summed E-state index contributed by atoms with van der Waals surface area (Å²) in [4.78, 5) is 11.4. The number of halogens is 1. The number of urea groups is 1. The summed E-state index contributed by atoms with van der Waals surface area (Å²) >= 11 is 0. The molecule has 0 saturated carbocycles. The fraction of sp³-hybridized carbons (Fsp3) is 0.357.